The summed E-state index contributed by atoms with van der Waals surface area (Å²) in [6.45, 7) is 3.24. The first kappa shape index (κ1) is 14.5. The van der Waals surface area contributed by atoms with E-state index in [1.807, 2.05) is 6.92 Å². The molecule has 1 aromatic carbocycles. The Morgan fingerprint density at radius 3 is 3.00 bits per heavy atom. The van der Waals surface area contributed by atoms with Crippen molar-refractivity contribution in [1.82, 2.24) is 4.90 Å². The fraction of sp³-hybridized carbons (Fsp3) is 0.500. The Morgan fingerprint density at radius 1 is 1.58 bits per heavy atom. The number of carbonyl (C=O) groups is 1. The zero-order chi connectivity index (χ0) is 14.0. The van der Waals surface area contributed by atoms with Crippen molar-refractivity contribution < 1.29 is 9.18 Å². The summed E-state index contributed by atoms with van der Waals surface area (Å²) < 4.78 is 14.4. The Hall–Kier alpha value is -0.940. The number of nitrogens with two attached hydrogens (primary N) is 1. The van der Waals surface area contributed by atoms with E-state index < -0.39 is 5.82 Å². The van der Waals surface area contributed by atoms with E-state index >= 15 is 0 Å². The van der Waals surface area contributed by atoms with E-state index in [1.165, 1.54) is 12.1 Å². The number of piperidine rings is 1. The fourth-order valence-electron chi connectivity index (χ4n) is 2.46. The number of amides is 1. The number of nitrogens with zero attached hydrogens (tertiary/aromatic N) is 1. The van der Waals surface area contributed by atoms with Crippen LogP contribution in [-0.4, -0.2) is 29.9 Å². The zero-order valence-corrected chi connectivity index (χ0v) is 12.5. The van der Waals surface area contributed by atoms with Gasteiger partial charge in [-0.15, -0.1) is 0 Å². The lowest BCUT2D eigenvalue weighted by molar-refractivity contribution is 0.0656. The number of hydrogen-bond donors (Lipinski definition) is 1. The van der Waals surface area contributed by atoms with Gasteiger partial charge in [0.1, 0.15) is 5.82 Å². The van der Waals surface area contributed by atoms with E-state index in [0.29, 0.717) is 23.5 Å². The molecular formula is C14H18BrFN2O. The van der Waals surface area contributed by atoms with Gasteiger partial charge < -0.3 is 10.6 Å². The maximum atomic E-state index is 13.7. The average molecular weight is 329 g/mol. The quantitative estimate of drug-likeness (QED) is 0.907. The largest absolute Gasteiger partial charge is 0.338 e. The number of carbonyl (C=O) groups excluding carboxylic acids is 1. The second-order valence-electron chi connectivity index (χ2n) is 5.14. The predicted molar refractivity (Wildman–Crippen MR) is 76.4 cm³/mol. The molecule has 0 aliphatic carbocycles. The van der Waals surface area contributed by atoms with Gasteiger partial charge in [-0.25, -0.2) is 4.39 Å². The van der Waals surface area contributed by atoms with Gasteiger partial charge in [-0.05, 0) is 43.9 Å². The third-order valence-electron chi connectivity index (χ3n) is 3.65. The smallest absolute Gasteiger partial charge is 0.256 e. The lowest BCUT2D eigenvalue weighted by Crippen LogP contribution is -2.45. The lowest BCUT2D eigenvalue weighted by Gasteiger charge is -2.34. The highest BCUT2D eigenvalue weighted by molar-refractivity contribution is 9.10. The van der Waals surface area contributed by atoms with Crippen molar-refractivity contribution in [3.63, 3.8) is 0 Å². The highest BCUT2D eigenvalue weighted by Gasteiger charge is 2.27. The second kappa shape index (κ2) is 6.01. The lowest BCUT2D eigenvalue weighted by atomic mass is 9.92. The number of rotatable bonds is 2. The Morgan fingerprint density at radius 2 is 2.32 bits per heavy atom. The van der Waals surface area contributed by atoms with Crippen molar-refractivity contribution in [3.05, 3.63) is 34.1 Å². The summed E-state index contributed by atoms with van der Waals surface area (Å²) in [6.07, 6.45) is 1.95. The van der Waals surface area contributed by atoms with Crippen LogP contribution in [0.15, 0.2) is 22.7 Å². The third-order valence-corrected chi connectivity index (χ3v) is 4.14. The molecule has 1 saturated heterocycles. The number of hydrogen-bond acceptors (Lipinski definition) is 2. The second-order valence-corrected chi connectivity index (χ2v) is 6.05. The van der Waals surface area contributed by atoms with Crippen LogP contribution in [0.1, 0.15) is 30.1 Å². The summed E-state index contributed by atoms with van der Waals surface area (Å²) in [5.74, 6) is -0.423. The van der Waals surface area contributed by atoms with Crippen LogP contribution in [0.4, 0.5) is 4.39 Å². The van der Waals surface area contributed by atoms with Crippen LogP contribution in [0.25, 0.3) is 0 Å². The summed E-state index contributed by atoms with van der Waals surface area (Å²) >= 11 is 3.27. The van der Waals surface area contributed by atoms with Gasteiger partial charge in [0.05, 0.1) is 5.56 Å². The van der Waals surface area contributed by atoms with Crippen LogP contribution in [0.3, 0.4) is 0 Å². The first-order valence-electron chi connectivity index (χ1n) is 6.49. The summed E-state index contributed by atoms with van der Waals surface area (Å²) in [6, 6.07) is 4.49. The molecule has 0 radical (unpaired) electrons. The van der Waals surface area contributed by atoms with Gasteiger partial charge in [0.15, 0.2) is 0 Å². The van der Waals surface area contributed by atoms with Gasteiger partial charge in [-0.3, -0.25) is 4.79 Å². The minimum Gasteiger partial charge on any atom is -0.338 e. The van der Waals surface area contributed by atoms with Crippen LogP contribution in [0.2, 0.25) is 0 Å². The molecule has 19 heavy (non-hydrogen) atoms. The molecule has 1 fully saturated rings. The van der Waals surface area contributed by atoms with Crippen molar-refractivity contribution >= 4 is 21.8 Å². The molecule has 2 N–H and O–H groups in total. The van der Waals surface area contributed by atoms with Crippen LogP contribution in [0.5, 0.6) is 0 Å². The molecule has 0 aromatic heterocycles. The van der Waals surface area contributed by atoms with Gasteiger partial charge in [-0.2, -0.15) is 0 Å². The Kier molecular flexibility index (Phi) is 4.58. The maximum absolute atomic E-state index is 13.7. The van der Waals surface area contributed by atoms with E-state index in [1.54, 1.807) is 11.0 Å². The average Bonchev–Trinajstić information content (AvgIpc) is 2.41. The molecule has 2 atom stereocenters. The Balaban J connectivity index is 2.17. The zero-order valence-electron chi connectivity index (χ0n) is 10.9. The molecule has 3 nitrogen and oxygen atoms in total. The van der Waals surface area contributed by atoms with Crippen LogP contribution in [-0.2, 0) is 0 Å². The molecule has 1 aliphatic heterocycles. The molecule has 0 saturated carbocycles. The summed E-state index contributed by atoms with van der Waals surface area (Å²) in [5, 5.41) is 0. The summed E-state index contributed by atoms with van der Waals surface area (Å²) in [7, 11) is 0. The Bertz CT molecular complexity index is 479. The van der Waals surface area contributed by atoms with Crippen LogP contribution < -0.4 is 5.73 Å². The minimum absolute atomic E-state index is 0.0583. The highest BCUT2D eigenvalue weighted by Crippen LogP contribution is 2.23. The van der Waals surface area contributed by atoms with E-state index in [2.05, 4.69) is 15.9 Å². The SMILES string of the molecule is C[C@H](N)[C@H]1CCCN(C(=O)c2cc(Br)ccc2F)C1. The number of halogens is 2. The van der Waals surface area contributed by atoms with E-state index in [4.69, 9.17) is 5.73 Å². The van der Waals surface area contributed by atoms with E-state index in [9.17, 15) is 9.18 Å². The summed E-state index contributed by atoms with van der Waals surface area (Å²) in [5.41, 5.74) is 6.03. The maximum Gasteiger partial charge on any atom is 0.256 e. The first-order valence-corrected chi connectivity index (χ1v) is 7.28. The fourth-order valence-corrected chi connectivity index (χ4v) is 2.82. The molecule has 104 valence electrons. The monoisotopic (exact) mass is 328 g/mol. The molecule has 5 heteroatoms. The normalized spacial score (nSPS) is 21.3. The van der Waals surface area contributed by atoms with Crippen molar-refractivity contribution in [2.45, 2.75) is 25.8 Å². The standard InChI is InChI=1S/C14H18BrFN2O/c1-9(17)10-3-2-6-18(8-10)14(19)12-7-11(15)4-5-13(12)16/h4-5,7,9-10H,2-3,6,8,17H2,1H3/t9-,10-/m0/s1. The highest BCUT2D eigenvalue weighted by atomic mass is 79.9. The predicted octanol–water partition coefficient (Wildman–Crippen LogP) is 2.79. The number of likely N-dealkylation sites (tertiary alicyclic amines) is 1. The van der Waals surface area contributed by atoms with Crippen LogP contribution in [0, 0.1) is 11.7 Å². The molecule has 0 spiro atoms. The van der Waals surface area contributed by atoms with Gasteiger partial charge >= 0.3 is 0 Å². The molecule has 1 heterocycles. The van der Waals surface area contributed by atoms with Gasteiger partial charge in [-0.1, -0.05) is 15.9 Å². The van der Waals surface area contributed by atoms with Crippen molar-refractivity contribution in [1.29, 1.82) is 0 Å². The minimum atomic E-state index is -0.476. The topological polar surface area (TPSA) is 46.3 Å². The van der Waals surface area contributed by atoms with Gasteiger partial charge in [0, 0.05) is 23.6 Å². The first-order chi connectivity index (χ1) is 8.99. The molecule has 1 aromatic rings. The van der Waals surface area contributed by atoms with E-state index in [-0.39, 0.29) is 17.5 Å². The van der Waals surface area contributed by atoms with E-state index in [0.717, 1.165) is 12.8 Å². The van der Waals surface area contributed by atoms with Gasteiger partial charge in [0.2, 0.25) is 0 Å². The van der Waals surface area contributed by atoms with Crippen LogP contribution >= 0.6 is 15.9 Å². The van der Waals surface area contributed by atoms with Crippen molar-refractivity contribution in [2.75, 3.05) is 13.1 Å². The molecule has 1 aliphatic rings. The Labute approximate surface area is 121 Å². The molecule has 1 amide bonds. The molecular weight excluding hydrogens is 311 g/mol. The third kappa shape index (κ3) is 3.34. The van der Waals surface area contributed by atoms with Crippen molar-refractivity contribution in [2.24, 2.45) is 11.7 Å². The molecule has 2 rings (SSSR count). The number of benzene rings is 1. The molecule has 0 unspecified atom stereocenters. The van der Waals surface area contributed by atoms with Gasteiger partial charge in [0.25, 0.3) is 5.91 Å². The van der Waals surface area contributed by atoms with Crippen molar-refractivity contribution in [3.8, 4) is 0 Å². The molecule has 0 bridgehead atoms. The summed E-state index contributed by atoms with van der Waals surface area (Å²) in [4.78, 5) is 14.1.